The molecule has 0 fully saturated rings. The van der Waals surface area contributed by atoms with E-state index < -0.39 is 0 Å². The fourth-order valence-corrected chi connectivity index (χ4v) is 0.870. The molecule has 1 aliphatic rings. The second-order valence-corrected chi connectivity index (χ2v) is 2.63. The van der Waals surface area contributed by atoms with Gasteiger partial charge in [0.15, 0.2) is 0 Å². The van der Waals surface area contributed by atoms with Crippen LogP contribution in [0.15, 0.2) is 24.4 Å². The molecule has 1 rings (SSSR count). The van der Waals surface area contributed by atoms with E-state index in [1.165, 1.54) is 6.04 Å². The summed E-state index contributed by atoms with van der Waals surface area (Å²) in [6.45, 7) is 0.973. The molecule has 0 aromatic rings. The fraction of sp³-hybridized carbons (Fsp3) is 0.375. The SMILES string of the molecule is CN(C)C[C]1C=CC=CN1. The number of allylic oxidation sites excluding steroid dienone is 2. The van der Waals surface area contributed by atoms with E-state index in [1.54, 1.807) is 0 Å². The summed E-state index contributed by atoms with van der Waals surface area (Å²) in [6.07, 6.45) is 8.05. The molecule has 2 nitrogen and oxygen atoms in total. The van der Waals surface area contributed by atoms with E-state index in [4.69, 9.17) is 0 Å². The van der Waals surface area contributed by atoms with Crippen LogP contribution < -0.4 is 5.32 Å². The zero-order valence-corrected chi connectivity index (χ0v) is 6.46. The van der Waals surface area contributed by atoms with Crippen LogP contribution in [0.1, 0.15) is 0 Å². The lowest BCUT2D eigenvalue weighted by Crippen LogP contribution is -2.27. The molecular weight excluding hydrogens is 124 g/mol. The zero-order chi connectivity index (χ0) is 7.40. The highest BCUT2D eigenvalue weighted by Crippen LogP contribution is 2.02. The number of hydrogen-bond acceptors (Lipinski definition) is 2. The van der Waals surface area contributed by atoms with Crippen molar-refractivity contribution in [1.29, 1.82) is 0 Å². The number of nitrogens with one attached hydrogen (secondary N) is 1. The highest BCUT2D eigenvalue weighted by Gasteiger charge is 2.04. The summed E-state index contributed by atoms with van der Waals surface area (Å²) in [7, 11) is 4.11. The maximum Gasteiger partial charge on any atom is 0.0962 e. The molecule has 0 unspecified atom stereocenters. The minimum absolute atomic E-state index is 0.973. The van der Waals surface area contributed by atoms with Crippen molar-refractivity contribution >= 4 is 0 Å². The number of dihydropyridines is 1. The Morgan fingerprint density at radius 2 is 2.20 bits per heavy atom. The fourth-order valence-electron chi connectivity index (χ4n) is 0.870. The first kappa shape index (κ1) is 7.35. The van der Waals surface area contributed by atoms with E-state index in [0.717, 1.165) is 6.54 Å². The third-order valence-electron chi connectivity index (χ3n) is 1.26. The van der Waals surface area contributed by atoms with Gasteiger partial charge in [-0.15, -0.1) is 0 Å². The van der Waals surface area contributed by atoms with Crippen LogP contribution in [0.25, 0.3) is 0 Å². The van der Waals surface area contributed by atoms with Crippen molar-refractivity contribution in [3.8, 4) is 0 Å². The summed E-state index contributed by atoms with van der Waals surface area (Å²) in [6, 6.07) is 1.24. The molecule has 0 amide bonds. The van der Waals surface area contributed by atoms with Gasteiger partial charge in [0.05, 0.1) is 6.04 Å². The smallest absolute Gasteiger partial charge is 0.0962 e. The lowest BCUT2D eigenvalue weighted by Gasteiger charge is -2.18. The normalized spacial score (nSPS) is 17.9. The van der Waals surface area contributed by atoms with E-state index in [1.807, 2.05) is 18.4 Å². The first-order valence-electron chi connectivity index (χ1n) is 3.39. The highest BCUT2D eigenvalue weighted by atomic mass is 15.1. The molecule has 0 bridgehead atoms. The predicted octanol–water partition coefficient (Wildman–Crippen LogP) is 0.753. The van der Waals surface area contributed by atoms with Crippen LogP contribution in [-0.4, -0.2) is 25.5 Å². The van der Waals surface area contributed by atoms with Crippen LogP contribution >= 0.6 is 0 Å². The Balaban J connectivity index is 2.30. The van der Waals surface area contributed by atoms with Gasteiger partial charge < -0.3 is 10.2 Å². The van der Waals surface area contributed by atoms with Crippen molar-refractivity contribution in [2.24, 2.45) is 0 Å². The van der Waals surface area contributed by atoms with Gasteiger partial charge in [-0.25, -0.2) is 0 Å². The molecule has 0 saturated carbocycles. The minimum Gasteiger partial charge on any atom is -0.378 e. The molecule has 1 aliphatic heterocycles. The first-order chi connectivity index (χ1) is 4.79. The Bertz CT molecular complexity index is 147. The molecule has 0 aromatic heterocycles. The Morgan fingerprint density at radius 1 is 1.40 bits per heavy atom. The number of hydrogen-bond donors (Lipinski definition) is 1. The van der Waals surface area contributed by atoms with Gasteiger partial charge in [0, 0.05) is 6.54 Å². The highest BCUT2D eigenvalue weighted by molar-refractivity contribution is 5.21. The lowest BCUT2D eigenvalue weighted by atomic mass is 10.2. The standard InChI is InChI=1S/C8H13N2/c1-10(2)7-8-5-3-4-6-9-8/h3-6,9H,7H2,1-2H3. The second kappa shape index (κ2) is 3.42. The largest absolute Gasteiger partial charge is 0.378 e. The molecule has 0 atom stereocenters. The quantitative estimate of drug-likeness (QED) is 0.604. The molecule has 55 valence electrons. The maximum absolute atomic E-state index is 3.16. The zero-order valence-electron chi connectivity index (χ0n) is 6.46. The van der Waals surface area contributed by atoms with E-state index >= 15 is 0 Å². The molecule has 0 saturated heterocycles. The molecule has 10 heavy (non-hydrogen) atoms. The van der Waals surface area contributed by atoms with Crippen LogP contribution in [0.4, 0.5) is 0 Å². The summed E-state index contributed by atoms with van der Waals surface area (Å²) >= 11 is 0. The molecule has 1 N–H and O–H groups in total. The number of likely N-dealkylation sites (N-methyl/N-ethyl adjacent to an activating group) is 1. The Kier molecular flexibility index (Phi) is 2.51. The molecule has 1 heterocycles. The van der Waals surface area contributed by atoms with Gasteiger partial charge >= 0.3 is 0 Å². The van der Waals surface area contributed by atoms with Gasteiger partial charge in [0.25, 0.3) is 0 Å². The van der Waals surface area contributed by atoms with E-state index in [9.17, 15) is 0 Å². The molecule has 0 aromatic carbocycles. The van der Waals surface area contributed by atoms with E-state index in [2.05, 4.69) is 30.4 Å². The third kappa shape index (κ3) is 2.23. The molecular formula is C8H13N2. The average Bonchev–Trinajstić information content (AvgIpc) is 1.88. The van der Waals surface area contributed by atoms with Crippen molar-refractivity contribution in [1.82, 2.24) is 10.2 Å². The molecule has 0 spiro atoms. The van der Waals surface area contributed by atoms with Gasteiger partial charge in [0.2, 0.25) is 0 Å². The van der Waals surface area contributed by atoms with Crippen LogP contribution in [0.5, 0.6) is 0 Å². The summed E-state index contributed by atoms with van der Waals surface area (Å²) < 4.78 is 0. The monoisotopic (exact) mass is 137 g/mol. The van der Waals surface area contributed by atoms with Gasteiger partial charge in [-0.1, -0.05) is 12.2 Å². The van der Waals surface area contributed by atoms with Gasteiger partial charge in [-0.3, -0.25) is 0 Å². The molecule has 0 aliphatic carbocycles. The van der Waals surface area contributed by atoms with E-state index in [-0.39, 0.29) is 0 Å². The topological polar surface area (TPSA) is 15.3 Å². The van der Waals surface area contributed by atoms with Gasteiger partial charge in [0.1, 0.15) is 0 Å². The Hall–Kier alpha value is -0.760. The second-order valence-electron chi connectivity index (χ2n) is 2.63. The molecule has 1 radical (unpaired) electrons. The summed E-state index contributed by atoms with van der Waals surface area (Å²) in [5.74, 6) is 0. The summed E-state index contributed by atoms with van der Waals surface area (Å²) in [5, 5.41) is 3.16. The van der Waals surface area contributed by atoms with Crippen molar-refractivity contribution < 1.29 is 0 Å². The predicted molar refractivity (Wildman–Crippen MR) is 43.2 cm³/mol. The van der Waals surface area contributed by atoms with Gasteiger partial charge in [-0.2, -0.15) is 0 Å². The summed E-state index contributed by atoms with van der Waals surface area (Å²) in [4.78, 5) is 2.13. The van der Waals surface area contributed by atoms with E-state index in [0.29, 0.717) is 0 Å². The average molecular weight is 137 g/mol. The van der Waals surface area contributed by atoms with Crippen LogP contribution in [0.2, 0.25) is 0 Å². The van der Waals surface area contributed by atoms with Crippen LogP contribution in [0, 0.1) is 6.04 Å². The Morgan fingerprint density at radius 3 is 2.70 bits per heavy atom. The summed E-state index contributed by atoms with van der Waals surface area (Å²) in [5.41, 5.74) is 0. The van der Waals surface area contributed by atoms with Crippen molar-refractivity contribution in [2.75, 3.05) is 20.6 Å². The number of rotatable bonds is 2. The Labute approximate surface area is 62.2 Å². The van der Waals surface area contributed by atoms with Gasteiger partial charge in [-0.05, 0) is 26.4 Å². The minimum atomic E-state index is 0.973. The lowest BCUT2D eigenvalue weighted by molar-refractivity contribution is 0.418. The number of nitrogens with zero attached hydrogens (tertiary/aromatic N) is 1. The maximum atomic E-state index is 3.16. The third-order valence-corrected chi connectivity index (χ3v) is 1.26. The van der Waals surface area contributed by atoms with Crippen molar-refractivity contribution in [3.63, 3.8) is 0 Å². The molecule has 2 heteroatoms. The first-order valence-corrected chi connectivity index (χ1v) is 3.39. The van der Waals surface area contributed by atoms with Crippen molar-refractivity contribution in [2.45, 2.75) is 0 Å². The van der Waals surface area contributed by atoms with Crippen LogP contribution in [-0.2, 0) is 0 Å². The van der Waals surface area contributed by atoms with Crippen LogP contribution in [0.3, 0.4) is 0 Å². The van der Waals surface area contributed by atoms with Crippen molar-refractivity contribution in [3.05, 3.63) is 30.5 Å².